The molecule has 42 heavy (non-hydrogen) atoms. The first kappa shape index (κ1) is 27.6. The highest BCUT2D eigenvalue weighted by Gasteiger charge is 2.46. The van der Waals surface area contributed by atoms with Crippen LogP contribution in [0.1, 0.15) is 38.8 Å². The lowest BCUT2D eigenvalue weighted by Gasteiger charge is -2.47. The first-order valence-electron chi connectivity index (χ1n) is 12.8. The Morgan fingerprint density at radius 2 is 2.05 bits per heavy atom. The van der Waals surface area contributed by atoms with Crippen molar-refractivity contribution in [3.8, 4) is 18.1 Å². The summed E-state index contributed by atoms with van der Waals surface area (Å²) in [5.41, 5.74) is 5.03. The molecule has 216 valence electrons. The van der Waals surface area contributed by atoms with E-state index in [-0.39, 0.29) is 23.7 Å². The third-order valence-electron chi connectivity index (χ3n) is 7.33. The van der Waals surface area contributed by atoms with Crippen molar-refractivity contribution in [3.63, 3.8) is 0 Å². The van der Waals surface area contributed by atoms with E-state index in [0.717, 1.165) is 29.2 Å². The van der Waals surface area contributed by atoms with Crippen molar-refractivity contribution in [1.29, 1.82) is 0 Å². The van der Waals surface area contributed by atoms with Crippen LogP contribution in [0.3, 0.4) is 0 Å². The number of halogens is 2. The molecule has 3 atom stereocenters. The minimum Gasteiger partial charge on any atom is -0.451 e. The van der Waals surface area contributed by atoms with Crippen LogP contribution in [-0.2, 0) is 26.4 Å². The van der Waals surface area contributed by atoms with Crippen molar-refractivity contribution in [2.75, 3.05) is 25.9 Å². The fraction of sp³-hybridized carbons (Fsp3) is 0.276. The average molecular weight is 596 g/mol. The molecule has 1 aromatic heterocycles. The molecule has 0 aliphatic carbocycles. The van der Waals surface area contributed by atoms with Gasteiger partial charge in [0.1, 0.15) is 18.4 Å². The molecule has 2 aromatic carbocycles. The van der Waals surface area contributed by atoms with Crippen LogP contribution in [0.2, 0.25) is 0 Å². The van der Waals surface area contributed by atoms with Crippen LogP contribution in [0.15, 0.2) is 52.3 Å². The van der Waals surface area contributed by atoms with E-state index in [1.807, 2.05) is 18.2 Å². The lowest BCUT2D eigenvalue weighted by atomic mass is 9.92. The van der Waals surface area contributed by atoms with E-state index in [1.54, 1.807) is 6.07 Å². The zero-order valence-corrected chi connectivity index (χ0v) is 22.9. The van der Waals surface area contributed by atoms with E-state index < -0.39 is 54.3 Å². The molecule has 3 aromatic rings. The van der Waals surface area contributed by atoms with Gasteiger partial charge >= 0.3 is 6.16 Å². The Labute approximate surface area is 242 Å². The highest BCUT2D eigenvalue weighted by Crippen LogP contribution is 2.42. The number of fused-ring (bicyclic) bond motifs is 4. The van der Waals surface area contributed by atoms with Crippen molar-refractivity contribution in [2.24, 2.45) is 0 Å². The Hall–Kier alpha value is -4.54. The maximum absolute atomic E-state index is 14.7. The van der Waals surface area contributed by atoms with Gasteiger partial charge in [-0.15, -0.1) is 18.2 Å². The van der Waals surface area contributed by atoms with Gasteiger partial charge in [0.25, 0.3) is 5.91 Å². The van der Waals surface area contributed by atoms with Gasteiger partial charge < -0.3 is 29.3 Å². The van der Waals surface area contributed by atoms with Crippen LogP contribution >= 0.6 is 11.8 Å². The summed E-state index contributed by atoms with van der Waals surface area (Å²) in [6.07, 6.45) is 4.12. The van der Waals surface area contributed by atoms with Crippen LogP contribution in [0.4, 0.5) is 13.6 Å². The standard InChI is InChI=1S/C29H23F2N3O7S/c1-3-16-12-33-27(32-34-10-9-21(35)26(24(34)28(33)36)39-14-40-29(37)38-2)25(41-16)17-5-4-6-22-18(17)11-15-7-8-20(30)23(31)19(15)13-42-22/h1,4-10,16,25,27,32H,11-14H2,2H3/t16-,25?,27-/m0/s1. The lowest BCUT2D eigenvalue weighted by Crippen LogP contribution is -2.62. The first-order chi connectivity index (χ1) is 20.3. The summed E-state index contributed by atoms with van der Waals surface area (Å²) in [4.78, 5) is 40.2. The minimum absolute atomic E-state index is 0.0157. The van der Waals surface area contributed by atoms with E-state index in [2.05, 4.69) is 16.1 Å². The number of methoxy groups -OCH3 is 1. The Kier molecular flexibility index (Phi) is 7.26. The van der Waals surface area contributed by atoms with Crippen LogP contribution < -0.4 is 15.6 Å². The summed E-state index contributed by atoms with van der Waals surface area (Å²) in [7, 11) is 1.12. The molecule has 0 bridgehead atoms. The molecule has 3 aliphatic heterocycles. The smallest absolute Gasteiger partial charge is 0.451 e. The van der Waals surface area contributed by atoms with Crippen LogP contribution in [0, 0.1) is 24.0 Å². The van der Waals surface area contributed by atoms with Gasteiger partial charge in [-0.3, -0.25) is 14.3 Å². The third-order valence-corrected chi connectivity index (χ3v) is 8.45. The highest BCUT2D eigenvalue weighted by molar-refractivity contribution is 7.98. The summed E-state index contributed by atoms with van der Waals surface area (Å²) in [5, 5.41) is 0. The monoisotopic (exact) mass is 595 g/mol. The average Bonchev–Trinajstić information content (AvgIpc) is 3.19. The number of amides is 1. The molecule has 3 aliphatic rings. The van der Waals surface area contributed by atoms with E-state index in [1.165, 1.54) is 33.6 Å². The predicted molar refractivity (Wildman–Crippen MR) is 145 cm³/mol. The molecule has 1 fully saturated rings. The van der Waals surface area contributed by atoms with Crippen LogP contribution in [-0.4, -0.2) is 54.4 Å². The number of hydrogen-bond acceptors (Lipinski definition) is 9. The van der Waals surface area contributed by atoms with Gasteiger partial charge in [0.15, 0.2) is 17.3 Å². The summed E-state index contributed by atoms with van der Waals surface area (Å²) in [5.74, 6) is 0.184. The molecule has 0 radical (unpaired) electrons. The molecule has 6 rings (SSSR count). The topological polar surface area (TPSA) is 108 Å². The quantitative estimate of drug-likeness (QED) is 0.275. The molecule has 10 nitrogen and oxygen atoms in total. The molecule has 13 heteroatoms. The van der Waals surface area contributed by atoms with Gasteiger partial charge in [-0.1, -0.05) is 24.1 Å². The number of morpholine rings is 1. The summed E-state index contributed by atoms with van der Waals surface area (Å²) >= 11 is 1.39. The number of carbonyl (C=O) groups excluding carboxylic acids is 2. The SMILES string of the molecule is C#C[C@H]1CN2C(=O)c3c(OCOC(=O)OC)c(=O)ccn3N[C@@H]2C(c2cccc3c2Cc2ccc(F)c(F)c2CS3)O1. The number of benzene rings is 2. The van der Waals surface area contributed by atoms with Crippen molar-refractivity contribution in [3.05, 3.63) is 92.4 Å². The molecular weight excluding hydrogens is 572 g/mol. The zero-order chi connectivity index (χ0) is 29.5. The zero-order valence-electron chi connectivity index (χ0n) is 22.1. The molecule has 4 heterocycles. The summed E-state index contributed by atoms with van der Waals surface area (Å²) in [6.45, 7) is -0.643. The lowest BCUT2D eigenvalue weighted by molar-refractivity contribution is -0.0871. The van der Waals surface area contributed by atoms with Crippen molar-refractivity contribution >= 4 is 23.8 Å². The summed E-state index contributed by atoms with van der Waals surface area (Å²) in [6, 6.07) is 9.50. The molecule has 1 N–H and O–H groups in total. The van der Waals surface area contributed by atoms with Crippen molar-refractivity contribution in [1.82, 2.24) is 9.58 Å². The number of carbonyl (C=O) groups is 2. The maximum Gasteiger partial charge on any atom is 0.510 e. The molecular formula is C29H23F2N3O7S. The van der Waals surface area contributed by atoms with Gasteiger partial charge in [0.05, 0.1) is 13.7 Å². The number of nitrogens with zero attached hydrogens (tertiary/aromatic N) is 2. The second kappa shape index (κ2) is 11.0. The molecule has 1 amide bonds. The molecule has 1 unspecified atom stereocenters. The van der Waals surface area contributed by atoms with Gasteiger partial charge in [0, 0.05) is 28.5 Å². The number of rotatable bonds is 4. The Balaban J connectivity index is 1.39. The largest absolute Gasteiger partial charge is 0.510 e. The Bertz CT molecular complexity index is 1710. The maximum atomic E-state index is 14.7. The number of pyridine rings is 1. The van der Waals surface area contributed by atoms with E-state index in [4.69, 9.17) is 20.6 Å². The molecule has 1 saturated heterocycles. The summed E-state index contributed by atoms with van der Waals surface area (Å²) < 4.78 is 50.9. The van der Waals surface area contributed by atoms with E-state index in [9.17, 15) is 23.2 Å². The van der Waals surface area contributed by atoms with Gasteiger partial charge in [-0.25, -0.2) is 13.6 Å². The van der Waals surface area contributed by atoms with Gasteiger partial charge in [-0.2, -0.15) is 0 Å². The second-order valence-electron chi connectivity index (χ2n) is 9.62. The number of terminal acetylenes is 1. The van der Waals surface area contributed by atoms with Crippen LogP contribution in [0.25, 0.3) is 0 Å². The third kappa shape index (κ3) is 4.72. The Morgan fingerprint density at radius 1 is 1.21 bits per heavy atom. The van der Waals surface area contributed by atoms with E-state index >= 15 is 0 Å². The van der Waals surface area contributed by atoms with Crippen molar-refractivity contribution < 1.29 is 37.3 Å². The van der Waals surface area contributed by atoms with Gasteiger partial charge in [-0.05, 0) is 35.2 Å². The number of nitrogens with one attached hydrogen (secondary N) is 1. The number of thioether (sulfide) groups is 1. The molecule has 0 spiro atoms. The second-order valence-corrected chi connectivity index (χ2v) is 10.6. The highest BCUT2D eigenvalue weighted by atomic mass is 32.2. The van der Waals surface area contributed by atoms with Gasteiger partial charge in [0.2, 0.25) is 18.0 Å². The van der Waals surface area contributed by atoms with Crippen LogP contribution in [0.5, 0.6) is 5.75 Å². The predicted octanol–water partition coefficient (Wildman–Crippen LogP) is 3.54. The minimum atomic E-state index is -1.02. The first-order valence-corrected chi connectivity index (χ1v) is 13.8. The number of hydrogen-bond donors (Lipinski definition) is 1. The fourth-order valence-electron chi connectivity index (χ4n) is 5.34. The Morgan fingerprint density at radius 3 is 2.83 bits per heavy atom. The number of ether oxygens (including phenoxy) is 4. The van der Waals surface area contributed by atoms with E-state index in [0.29, 0.717) is 17.5 Å². The van der Waals surface area contributed by atoms with Crippen molar-refractivity contribution in [2.45, 2.75) is 35.4 Å². The fourth-order valence-corrected chi connectivity index (χ4v) is 6.49. The number of aromatic nitrogens is 1. The normalized spacial score (nSPS) is 20.5. The molecule has 0 saturated carbocycles.